The fourth-order valence-electron chi connectivity index (χ4n) is 1.34. The number of nitrogens with zero attached hydrogens (tertiary/aromatic N) is 1. The molecule has 7 heteroatoms. The Morgan fingerprint density at radius 3 is 2.12 bits per heavy atom. The van der Waals surface area contributed by atoms with Crippen molar-refractivity contribution in [2.24, 2.45) is 0 Å². The SMILES string of the molecule is CCC[C@H](NC(=O)N(CCO)CCO)C(=O)O. The lowest BCUT2D eigenvalue weighted by molar-refractivity contribution is -0.139. The minimum Gasteiger partial charge on any atom is -0.480 e. The van der Waals surface area contributed by atoms with Gasteiger partial charge < -0.3 is 25.5 Å². The Hall–Kier alpha value is -1.34. The second-order valence-corrected chi connectivity index (χ2v) is 3.56. The van der Waals surface area contributed by atoms with Crippen LogP contribution in [0.15, 0.2) is 0 Å². The van der Waals surface area contributed by atoms with Crippen LogP contribution >= 0.6 is 0 Å². The monoisotopic (exact) mass is 248 g/mol. The van der Waals surface area contributed by atoms with Crippen molar-refractivity contribution in [1.82, 2.24) is 10.2 Å². The van der Waals surface area contributed by atoms with Gasteiger partial charge in [0.25, 0.3) is 0 Å². The fourth-order valence-corrected chi connectivity index (χ4v) is 1.34. The number of carbonyl (C=O) groups excluding carboxylic acids is 1. The van der Waals surface area contributed by atoms with Crippen LogP contribution in [0.5, 0.6) is 0 Å². The first kappa shape index (κ1) is 15.7. The summed E-state index contributed by atoms with van der Waals surface area (Å²) in [6.07, 6.45) is 0.977. The molecule has 0 heterocycles. The highest BCUT2D eigenvalue weighted by Gasteiger charge is 2.21. The van der Waals surface area contributed by atoms with E-state index in [1.807, 2.05) is 6.92 Å². The van der Waals surface area contributed by atoms with Crippen LogP contribution in [-0.2, 0) is 4.79 Å². The highest BCUT2D eigenvalue weighted by molar-refractivity contribution is 5.82. The maximum absolute atomic E-state index is 11.6. The summed E-state index contributed by atoms with van der Waals surface area (Å²) in [5, 5.41) is 28.7. The molecule has 0 saturated carbocycles. The summed E-state index contributed by atoms with van der Waals surface area (Å²) in [4.78, 5) is 23.6. The molecule has 17 heavy (non-hydrogen) atoms. The minimum absolute atomic E-state index is 0.0604. The topological polar surface area (TPSA) is 110 Å². The van der Waals surface area contributed by atoms with Crippen molar-refractivity contribution in [2.75, 3.05) is 26.3 Å². The van der Waals surface area contributed by atoms with Gasteiger partial charge in [-0.2, -0.15) is 0 Å². The number of carbonyl (C=O) groups is 2. The molecular weight excluding hydrogens is 228 g/mol. The number of amides is 2. The Morgan fingerprint density at radius 2 is 1.76 bits per heavy atom. The van der Waals surface area contributed by atoms with E-state index >= 15 is 0 Å². The first-order valence-electron chi connectivity index (χ1n) is 5.56. The van der Waals surface area contributed by atoms with Crippen molar-refractivity contribution < 1.29 is 24.9 Å². The normalized spacial score (nSPS) is 11.9. The molecule has 0 saturated heterocycles. The van der Waals surface area contributed by atoms with Gasteiger partial charge >= 0.3 is 12.0 Å². The average molecular weight is 248 g/mol. The number of carboxylic acids is 1. The molecule has 100 valence electrons. The van der Waals surface area contributed by atoms with Crippen LogP contribution in [0.3, 0.4) is 0 Å². The van der Waals surface area contributed by atoms with Gasteiger partial charge in [0, 0.05) is 13.1 Å². The summed E-state index contributed by atoms with van der Waals surface area (Å²) in [7, 11) is 0. The number of urea groups is 1. The van der Waals surface area contributed by atoms with E-state index in [1.165, 1.54) is 4.90 Å². The molecule has 7 nitrogen and oxygen atoms in total. The molecule has 2 amide bonds. The summed E-state index contributed by atoms with van der Waals surface area (Å²) >= 11 is 0. The van der Waals surface area contributed by atoms with Gasteiger partial charge in [0.1, 0.15) is 6.04 Å². The molecule has 4 N–H and O–H groups in total. The number of hydrogen-bond acceptors (Lipinski definition) is 4. The summed E-state index contributed by atoms with van der Waals surface area (Å²) in [5.74, 6) is -1.09. The van der Waals surface area contributed by atoms with Gasteiger partial charge in [-0.1, -0.05) is 13.3 Å². The van der Waals surface area contributed by atoms with E-state index < -0.39 is 18.0 Å². The maximum atomic E-state index is 11.6. The Bertz CT molecular complexity index is 241. The molecule has 0 unspecified atom stereocenters. The van der Waals surface area contributed by atoms with E-state index in [-0.39, 0.29) is 26.3 Å². The summed E-state index contributed by atoms with van der Waals surface area (Å²) in [5.41, 5.74) is 0. The van der Waals surface area contributed by atoms with Crippen LogP contribution < -0.4 is 5.32 Å². The molecule has 0 aliphatic rings. The van der Waals surface area contributed by atoms with Gasteiger partial charge in [0.05, 0.1) is 13.2 Å². The van der Waals surface area contributed by atoms with Gasteiger partial charge in [0.15, 0.2) is 0 Å². The van der Waals surface area contributed by atoms with E-state index in [2.05, 4.69) is 5.32 Å². The number of aliphatic hydroxyl groups excluding tert-OH is 2. The third-order valence-electron chi connectivity index (χ3n) is 2.20. The molecular formula is C10H20N2O5. The molecule has 0 aromatic heterocycles. The number of carboxylic acid groups (broad SMARTS) is 1. The van der Waals surface area contributed by atoms with Crippen molar-refractivity contribution in [1.29, 1.82) is 0 Å². The predicted octanol–water partition coefficient (Wildman–Crippen LogP) is -0.764. The zero-order valence-electron chi connectivity index (χ0n) is 9.93. The maximum Gasteiger partial charge on any atom is 0.326 e. The van der Waals surface area contributed by atoms with Gasteiger partial charge in [-0.25, -0.2) is 9.59 Å². The zero-order chi connectivity index (χ0) is 13.3. The highest BCUT2D eigenvalue weighted by atomic mass is 16.4. The highest BCUT2D eigenvalue weighted by Crippen LogP contribution is 1.99. The summed E-state index contributed by atoms with van der Waals surface area (Å²) in [6, 6.07) is -1.53. The zero-order valence-corrected chi connectivity index (χ0v) is 9.93. The summed E-state index contributed by atoms with van der Waals surface area (Å²) < 4.78 is 0. The van der Waals surface area contributed by atoms with Crippen LogP contribution in [0.25, 0.3) is 0 Å². The van der Waals surface area contributed by atoms with Gasteiger partial charge in [-0.3, -0.25) is 0 Å². The number of nitrogens with one attached hydrogen (secondary N) is 1. The number of aliphatic carboxylic acids is 1. The van der Waals surface area contributed by atoms with E-state index in [4.69, 9.17) is 15.3 Å². The van der Waals surface area contributed by atoms with E-state index in [1.54, 1.807) is 0 Å². The third-order valence-corrected chi connectivity index (χ3v) is 2.20. The molecule has 0 aliphatic heterocycles. The lowest BCUT2D eigenvalue weighted by Gasteiger charge is -2.23. The van der Waals surface area contributed by atoms with Crippen LogP contribution in [0.4, 0.5) is 4.79 Å². The number of hydrogen-bond donors (Lipinski definition) is 4. The molecule has 0 rings (SSSR count). The first-order chi connectivity index (χ1) is 8.06. The van der Waals surface area contributed by atoms with Crippen molar-refractivity contribution >= 4 is 12.0 Å². The van der Waals surface area contributed by atoms with E-state index in [0.29, 0.717) is 12.8 Å². The van der Waals surface area contributed by atoms with E-state index in [9.17, 15) is 9.59 Å². The quantitative estimate of drug-likeness (QED) is 0.451. The largest absolute Gasteiger partial charge is 0.480 e. The number of aliphatic hydroxyl groups is 2. The van der Waals surface area contributed by atoms with Crippen molar-refractivity contribution in [3.8, 4) is 0 Å². The second kappa shape index (κ2) is 8.77. The van der Waals surface area contributed by atoms with E-state index in [0.717, 1.165) is 0 Å². The Labute approximate surface area is 100 Å². The van der Waals surface area contributed by atoms with Crippen LogP contribution in [0.1, 0.15) is 19.8 Å². The molecule has 0 fully saturated rings. The molecule has 0 radical (unpaired) electrons. The lowest BCUT2D eigenvalue weighted by atomic mass is 10.2. The van der Waals surface area contributed by atoms with Gasteiger partial charge in [-0.15, -0.1) is 0 Å². The Morgan fingerprint density at radius 1 is 1.24 bits per heavy atom. The molecule has 0 bridgehead atoms. The molecule has 1 atom stereocenters. The Kier molecular flexibility index (Phi) is 8.08. The van der Waals surface area contributed by atoms with Gasteiger partial charge in [0.2, 0.25) is 0 Å². The van der Waals surface area contributed by atoms with Crippen molar-refractivity contribution in [3.05, 3.63) is 0 Å². The third kappa shape index (κ3) is 6.08. The molecule has 0 spiro atoms. The van der Waals surface area contributed by atoms with Crippen molar-refractivity contribution in [2.45, 2.75) is 25.8 Å². The van der Waals surface area contributed by atoms with Crippen LogP contribution in [0, 0.1) is 0 Å². The fraction of sp³-hybridized carbons (Fsp3) is 0.800. The minimum atomic E-state index is -1.09. The number of rotatable bonds is 8. The first-order valence-corrected chi connectivity index (χ1v) is 5.56. The van der Waals surface area contributed by atoms with Crippen LogP contribution in [-0.4, -0.2) is 64.6 Å². The smallest absolute Gasteiger partial charge is 0.326 e. The molecule has 0 aromatic rings. The molecule has 0 aromatic carbocycles. The Balaban J connectivity index is 4.38. The average Bonchev–Trinajstić information content (AvgIpc) is 2.28. The van der Waals surface area contributed by atoms with Crippen LogP contribution in [0.2, 0.25) is 0 Å². The van der Waals surface area contributed by atoms with Gasteiger partial charge in [-0.05, 0) is 6.42 Å². The standard InChI is InChI=1S/C10H20N2O5/c1-2-3-8(9(15)16)11-10(17)12(4-6-13)5-7-14/h8,13-14H,2-7H2,1H3,(H,11,17)(H,15,16)/t8-/m0/s1. The predicted molar refractivity (Wildman–Crippen MR) is 60.6 cm³/mol. The van der Waals surface area contributed by atoms with Crippen molar-refractivity contribution in [3.63, 3.8) is 0 Å². The lowest BCUT2D eigenvalue weighted by Crippen LogP contribution is -2.49. The molecule has 0 aliphatic carbocycles. The summed E-state index contributed by atoms with van der Waals surface area (Å²) in [6.45, 7) is 1.47. The second-order valence-electron chi connectivity index (χ2n) is 3.56.